The molecule has 0 aliphatic rings. The van der Waals surface area contributed by atoms with Gasteiger partial charge >= 0.3 is 5.97 Å². The van der Waals surface area contributed by atoms with E-state index in [-0.39, 0.29) is 12.4 Å². The molecule has 19 heavy (non-hydrogen) atoms. The van der Waals surface area contributed by atoms with Gasteiger partial charge in [0.05, 0.1) is 24.9 Å². The van der Waals surface area contributed by atoms with Crippen molar-refractivity contribution in [3.05, 3.63) is 44.8 Å². The molecule has 0 aliphatic carbocycles. The van der Waals surface area contributed by atoms with Crippen LogP contribution in [0, 0.1) is 17.4 Å². The minimum absolute atomic E-state index is 0.242. The van der Waals surface area contributed by atoms with E-state index in [1.165, 1.54) is 10.7 Å². The molecular weight excluding hydrogens is 355 g/mol. The number of aryl methyl sites for hydroxylation is 1. The minimum Gasteiger partial charge on any atom is -0.469 e. The lowest BCUT2D eigenvalue weighted by Crippen LogP contribution is -2.06. The van der Waals surface area contributed by atoms with Gasteiger partial charge in [0.1, 0.15) is 0 Å². The molecule has 0 saturated carbocycles. The first-order valence-electron chi connectivity index (χ1n) is 5.90. The highest BCUT2D eigenvalue weighted by molar-refractivity contribution is 14.1. The summed E-state index contributed by atoms with van der Waals surface area (Å²) in [5.74, 6) is -0.242. The van der Waals surface area contributed by atoms with Crippen molar-refractivity contribution in [1.29, 1.82) is 0 Å². The number of carbonyl (C=O) groups excluding carboxylic acids is 1. The van der Waals surface area contributed by atoms with Gasteiger partial charge in [-0.15, -0.1) is 0 Å². The maximum atomic E-state index is 11.4. The second-order valence-electron chi connectivity index (χ2n) is 4.29. The van der Waals surface area contributed by atoms with Crippen LogP contribution < -0.4 is 0 Å². The van der Waals surface area contributed by atoms with Gasteiger partial charge in [-0.05, 0) is 60.7 Å². The van der Waals surface area contributed by atoms with Crippen LogP contribution in [0.4, 0.5) is 0 Å². The monoisotopic (exact) mass is 370 g/mol. The third-order valence-corrected chi connectivity index (χ3v) is 3.78. The van der Waals surface area contributed by atoms with E-state index in [0.29, 0.717) is 0 Å². The van der Waals surface area contributed by atoms with E-state index < -0.39 is 0 Å². The highest BCUT2D eigenvalue weighted by Crippen LogP contribution is 2.19. The van der Waals surface area contributed by atoms with Crippen molar-refractivity contribution in [2.75, 3.05) is 7.11 Å². The van der Waals surface area contributed by atoms with E-state index >= 15 is 0 Å². The molecule has 0 fully saturated rings. The van der Waals surface area contributed by atoms with Crippen molar-refractivity contribution in [2.45, 2.75) is 20.3 Å². The Labute approximate surface area is 125 Å². The van der Waals surface area contributed by atoms with Crippen LogP contribution in [0.3, 0.4) is 0 Å². The van der Waals surface area contributed by atoms with E-state index in [2.05, 4.69) is 27.7 Å². The Morgan fingerprint density at radius 2 is 1.95 bits per heavy atom. The fourth-order valence-corrected chi connectivity index (χ4v) is 2.34. The second-order valence-corrected chi connectivity index (χ2v) is 5.54. The average Bonchev–Trinajstić information content (AvgIpc) is 2.67. The zero-order valence-electron chi connectivity index (χ0n) is 11.1. The van der Waals surface area contributed by atoms with Crippen molar-refractivity contribution < 1.29 is 9.53 Å². The molecule has 5 heteroatoms. The lowest BCUT2D eigenvalue weighted by Gasteiger charge is -2.05. The van der Waals surface area contributed by atoms with Gasteiger partial charge in [0.25, 0.3) is 0 Å². The molecule has 0 aliphatic heterocycles. The number of aromatic nitrogens is 2. The number of rotatable bonds is 3. The van der Waals surface area contributed by atoms with Crippen molar-refractivity contribution in [2.24, 2.45) is 0 Å². The van der Waals surface area contributed by atoms with Gasteiger partial charge < -0.3 is 4.74 Å². The number of halogens is 1. The fraction of sp³-hybridized carbons (Fsp3) is 0.286. The van der Waals surface area contributed by atoms with Crippen LogP contribution in [0.1, 0.15) is 17.0 Å². The molecule has 0 radical (unpaired) electrons. The number of nitrogens with zero attached hydrogens (tertiary/aromatic N) is 2. The summed E-state index contributed by atoms with van der Waals surface area (Å²) < 4.78 is 7.76. The Morgan fingerprint density at radius 3 is 2.53 bits per heavy atom. The zero-order chi connectivity index (χ0) is 14.0. The highest BCUT2D eigenvalue weighted by Gasteiger charge is 2.15. The molecule has 1 heterocycles. The smallest absolute Gasteiger partial charge is 0.310 e. The molecule has 100 valence electrons. The molecule has 0 N–H and O–H groups in total. The average molecular weight is 370 g/mol. The van der Waals surface area contributed by atoms with Crippen LogP contribution in [-0.2, 0) is 16.0 Å². The zero-order valence-corrected chi connectivity index (χ0v) is 13.3. The van der Waals surface area contributed by atoms with Crippen LogP contribution >= 0.6 is 22.6 Å². The number of hydrogen-bond donors (Lipinski definition) is 0. The Kier molecular flexibility index (Phi) is 4.24. The maximum absolute atomic E-state index is 11.4. The Morgan fingerprint density at radius 1 is 1.32 bits per heavy atom. The normalized spacial score (nSPS) is 10.5. The van der Waals surface area contributed by atoms with E-state index in [1.54, 1.807) is 0 Å². The molecule has 0 amide bonds. The predicted molar refractivity (Wildman–Crippen MR) is 81.5 cm³/mol. The van der Waals surface area contributed by atoms with E-state index in [9.17, 15) is 4.79 Å². The molecule has 0 spiro atoms. The standard InChI is InChI=1S/C14H15IN2O2/c1-9-13(8-14(18)19-3)10(2)17(16-9)12-6-4-11(15)5-7-12/h4-7H,8H2,1-3H3. The molecule has 2 rings (SSSR count). The molecule has 0 saturated heterocycles. The summed E-state index contributed by atoms with van der Waals surface area (Å²) in [7, 11) is 1.40. The number of benzene rings is 1. The van der Waals surface area contributed by atoms with Gasteiger partial charge in [-0.1, -0.05) is 0 Å². The van der Waals surface area contributed by atoms with Gasteiger partial charge in [0, 0.05) is 14.8 Å². The van der Waals surface area contributed by atoms with E-state index in [0.717, 1.165) is 22.6 Å². The first-order chi connectivity index (χ1) is 9.02. The lowest BCUT2D eigenvalue weighted by atomic mass is 10.1. The Hall–Kier alpha value is -1.37. The summed E-state index contributed by atoms with van der Waals surface area (Å²) in [4.78, 5) is 11.4. The third kappa shape index (κ3) is 2.97. The van der Waals surface area contributed by atoms with Crippen molar-refractivity contribution >= 4 is 28.6 Å². The van der Waals surface area contributed by atoms with Crippen LogP contribution in [0.2, 0.25) is 0 Å². The minimum atomic E-state index is -0.242. The van der Waals surface area contributed by atoms with E-state index in [1.807, 2.05) is 42.8 Å². The summed E-state index contributed by atoms with van der Waals surface area (Å²) >= 11 is 2.27. The van der Waals surface area contributed by atoms with Gasteiger partial charge in [0.15, 0.2) is 0 Å². The summed E-state index contributed by atoms with van der Waals surface area (Å²) in [5.41, 5.74) is 3.77. The predicted octanol–water partition coefficient (Wildman–Crippen LogP) is 2.81. The lowest BCUT2D eigenvalue weighted by molar-refractivity contribution is -0.139. The van der Waals surface area contributed by atoms with Gasteiger partial charge in [-0.3, -0.25) is 4.79 Å². The summed E-state index contributed by atoms with van der Waals surface area (Å²) in [5, 5.41) is 4.50. The fourth-order valence-electron chi connectivity index (χ4n) is 1.98. The highest BCUT2D eigenvalue weighted by atomic mass is 127. The number of carbonyl (C=O) groups is 1. The topological polar surface area (TPSA) is 44.1 Å². The molecule has 1 aromatic carbocycles. The van der Waals surface area contributed by atoms with Crippen molar-refractivity contribution in [1.82, 2.24) is 9.78 Å². The van der Waals surface area contributed by atoms with E-state index in [4.69, 9.17) is 4.74 Å². The number of esters is 1. The molecular formula is C14H15IN2O2. The SMILES string of the molecule is COC(=O)Cc1c(C)nn(-c2ccc(I)cc2)c1C. The van der Waals surface area contributed by atoms with Crippen LogP contribution in [-0.4, -0.2) is 22.9 Å². The summed E-state index contributed by atoms with van der Waals surface area (Å²) in [6, 6.07) is 8.10. The van der Waals surface area contributed by atoms with Crippen molar-refractivity contribution in [3.63, 3.8) is 0 Å². The Bertz CT molecular complexity index is 603. The van der Waals surface area contributed by atoms with Crippen molar-refractivity contribution in [3.8, 4) is 5.69 Å². The molecule has 1 aromatic heterocycles. The van der Waals surface area contributed by atoms with Gasteiger partial charge in [-0.25, -0.2) is 4.68 Å². The second kappa shape index (κ2) is 5.73. The van der Waals surface area contributed by atoms with Crippen LogP contribution in [0.25, 0.3) is 5.69 Å². The number of methoxy groups -OCH3 is 1. The van der Waals surface area contributed by atoms with Crippen LogP contribution in [0.5, 0.6) is 0 Å². The third-order valence-electron chi connectivity index (χ3n) is 3.06. The molecule has 0 bridgehead atoms. The largest absolute Gasteiger partial charge is 0.469 e. The number of ether oxygens (including phenoxy) is 1. The van der Waals surface area contributed by atoms with Crippen LogP contribution in [0.15, 0.2) is 24.3 Å². The first-order valence-corrected chi connectivity index (χ1v) is 6.98. The Balaban J connectivity index is 2.40. The molecule has 2 aromatic rings. The molecule has 0 unspecified atom stereocenters. The quantitative estimate of drug-likeness (QED) is 0.617. The number of hydrogen-bond acceptors (Lipinski definition) is 3. The van der Waals surface area contributed by atoms with Gasteiger partial charge in [-0.2, -0.15) is 5.10 Å². The molecule has 4 nitrogen and oxygen atoms in total. The summed E-state index contributed by atoms with van der Waals surface area (Å²) in [6.07, 6.45) is 0.262. The maximum Gasteiger partial charge on any atom is 0.310 e. The molecule has 0 atom stereocenters. The first kappa shape index (κ1) is 14.0. The summed E-state index contributed by atoms with van der Waals surface area (Å²) in [6.45, 7) is 3.88. The van der Waals surface area contributed by atoms with Gasteiger partial charge in [0.2, 0.25) is 0 Å².